The molecule has 116 valence electrons. The lowest BCUT2D eigenvalue weighted by atomic mass is 9.82. The Morgan fingerprint density at radius 3 is 2.30 bits per heavy atom. The van der Waals surface area contributed by atoms with E-state index in [1.54, 1.807) is 26.0 Å². The molecule has 1 aliphatic rings. The fourth-order valence-electron chi connectivity index (χ4n) is 2.81. The van der Waals surface area contributed by atoms with E-state index in [1.807, 2.05) is 0 Å². The van der Waals surface area contributed by atoms with Crippen LogP contribution in [0.25, 0.3) is 0 Å². The second kappa shape index (κ2) is 5.54. The van der Waals surface area contributed by atoms with Crippen molar-refractivity contribution in [1.29, 1.82) is 0 Å². The first kappa shape index (κ1) is 15.3. The van der Waals surface area contributed by atoms with Crippen LogP contribution in [0, 0.1) is 18.6 Å². The monoisotopic (exact) mass is 312 g/mol. The zero-order valence-electron chi connectivity index (χ0n) is 12.7. The number of carbonyl (C=O) groups excluding carboxylic acids is 2. The molecule has 2 aromatic carbocycles. The Kier molecular flexibility index (Phi) is 3.68. The van der Waals surface area contributed by atoms with Crippen molar-refractivity contribution in [1.82, 2.24) is 0 Å². The van der Waals surface area contributed by atoms with Crippen LogP contribution < -0.4 is 0 Å². The lowest BCUT2D eigenvalue weighted by Gasteiger charge is -2.19. The summed E-state index contributed by atoms with van der Waals surface area (Å²) in [6.07, 6.45) is 0.244. The molecule has 0 unspecified atom stereocenters. The highest BCUT2D eigenvalue weighted by Gasteiger charge is 2.30. The van der Waals surface area contributed by atoms with Crippen LogP contribution in [0.1, 0.15) is 38.8 Å². The number of hydrogen-bond donors (Lipinski definition) is 0. The normalized spacial score (nSPS) is 14.3. The zero-order chi connectivity index (χ0) is 16.7. The molecule has 4 heteroatoms. The highest BCUT2D eigenvalue weighted by atomic mass is 19.1. The van der Waals surface area contributed by atoms with E-state index in [9.17, 15) is 18.4 Å². The molecule has 1 aliphatic carbocycles. The largest absolute Gasteiger partial charge is 0.289 e. The van der Waals surface area contributed by atoms with Crippen LogP contribution in [0.4, 0.5) is 8.78 Å². The van der Waals surface area contributed by atoms with Gasteiger partial charge in [0.2, 0.25) is 0 Å². The van der Waals surface area contributed by atoms with Gasteiger partial charge in [0.25, 0.3) is 0 Å². The fourth-order valence-corrected chi connectivity index (χ4v) is 2.81. The number of rotatable bonds is 2. The van der Waals surface area contributed by atoms with Crippen molar-refractivity contribution in [2.45, 2.75) is 20.3 Å². The smallest absolute Gasteiger partial charge is 0.190 e. The number of fused-ring (bicyclic) bond motifs is 1. The summed E-state index contributed by atoms with van der Waals surface area (Å²) in [6.45, 7) is 3.21. The Morgan fingerprint density at radius 2 is 1.61 bits per heavy atom. The summed E-state index contributed by atoms with van der Waals surface area (Å²) in [5, 5.41) is 0. The molecule has 2 aromatic rings. The number of ketones is 2. The first-order valence-corrected chi connectivity index (χ1v) is 7.22. The molecular formula is C19H14F2O2. The third kappa shape index (κ3) is 2.61. The number of halogens is 2. The first-order valence-electron chi connectivity index (χ1n) is 7.22. The summed E-state index contributed by atoms with van der Waals surface area (Å²) in [6, 6.07) is 8.21. The van der Waals surface area contributed by atoms with Gasteiger partial charge in [-0.25, -0.2) is 8.78 Å². The first-order chi connectivity index (χ1) is 10.9. The average molecular weight is 312 g/mol. The zero-order valence-corrected chi connectivity index (χ0v) is 12.7. The number of benzene rings is 2. The molecule has 0 heterocycles. The fraction of sp³-hybridized carbons (Fsp3) is 0.158. The topological polar surface area (TPSA) is 34.1 Å². The number of allylic oxidation sites excluding steroid dienone is 2. The standard InChI is InChI=1S/C19H14F2O2/c1-10-7-12(3-6-17(10)21)8-15-11(2)18(22)16-9-13(20)4-5-14(16)19(15)23/h3-7,9H,8H2,1-2H3. The lowest BCUT2D eigenvalue weighted by molar-refractivity contribution is 0.0972. The molecule has 0 fully saturated rings. The van der Waals surface area contributed by atoms with Crippen molar-refractivity contribution < 1.29 is 18.4 Å². The van der Waals surface area contributed by atoms with Gasteiger partial charge in [-0.05, 0) is 49.2 Å². The maximum absolute atomic E-state index is 13.4. The van der Waals surface area contributed by atoms with Gasteiger partial charge in [-0.2, -0.15) is 0 Å². The number of Topliss-reactive ketones (excluding diaryl/α,β-unsaturated/α-hetero) is 2. The van der Waals surface area contributed by atoms with Gasteiger partial charge >= 0.3 is 0 Å². The van der Waals surface area contributed by atoms with E-state index in [-0.39, 0.29) is 34.9 Å². The van der Waals surface area contributed by atoms with Crippen LogP contribution in [0.15, 0.2) is 47.5 Å². The summed E-state index contributed by atoms with van der Waals surface area (Å²) in [4.78, 5) is 25.0. The molecule has 0 N–H and O–H groups in total. The van der Waals surface area contributed by atoms with Gasteiger partial charge in [-0.3, -0.25) is 9.59 Å². The minimum atomic E-state index is -0.546. The SMILES string of the molecule is CC1=C(Cc2ccc(F)c(C)c2)C(=O)c2ccc(F)cc2C1=O. The van der Waals surface area contributed by atoms with Gasteiger partial charge in [0, 0.05) is 28.7 Å². The second-order valence-corrected chi connectivity index (χ2v) is 5.71. The van der Waals surface area contributed by atoms with E-state index in [1.165, 1.54) is 18.2 Å². The second-order valence-electron chi connectivity index (χ2n) is 5.71. The molecule has 0 saturated carbocycles. The van der Waals surface area contributed by atoms with Crippen LogP contribution in [-0.2, 0) is 6.42 Å². The maximum atomic E-state index is 13.4. The predicted molar refractivity (Wildman–Crippen MR) is 82.6 cm³/mol. The van der Waals surface area contributed by atoms with Gasteiger partial charge in [0.1, 0.15) is 11.6 Å². The molecule has 0 radical (unpaired) electrons. The maximum Gasteiger partial charge on any atom is 0.190 e. The number of carbonyl (C=O) groups is 2. The van der Waals surface area contributed by atoms with Crippen molar-refractivity contribution in [2.75, 3.05) is 0 Å². The van der Waals surface area contributed by atoms with E-state index in [0.29, 0.717) is 16.7 Å². The van der Waals surface area contributed by atoms with Crippen molar-refractivity contribution >= 4 is 11.6 Å². The van der Waals surface area contributed by atoms with Crippen molar-refractivity contribution in [3.05, 3.63) is 81.4 Å². The summed E-state index contributed by atoms with van der Waals surface area (Å²) < 4.78 is 26.7. The Hall–Kier alpha value is -2.62. The van der Waals surface area contributed by atoms with Crippen molar-refractivity contribution in [3.63, 3.8) is 0 Å². The predicted octanol–water partition coefficient (Wildman–Crippen LogP) is 4.21. The van der Waals surface area contributed by atoms with Gasteiger partial charge < -0.3 is 0 Å². The van der Waals surface area contributed by atoms with Crippen molar-refractivity contribution in [3.8, 4) is 0 Å². The molecule has 0 bridgehead atoms. The van der Waals surface area contributed by atoms with E-state index in [4.69, 9.17) is 0 Å². The Bertz CT molecular complexity index is 879. The molecule has 2 nitrogen and oxygen atoms in total. The molecule has 0 atom stereocenters. The van der Waals surface area contributed by atoms with Crippen LogP contribution in [0.2, 0.25) is 0 Å². The Balaban J connectivity index is 2.04. The number of hydrogen-bond acceptors (Lipinski definition) is 2. The van der Waals surface area contributed by atoms with Crippen LogP contribution in [0.3, 0.4) is 0 Å². The van der Waals surface area contributed by atoms with Crippen molar-refractivity contribution in [2.24, 2.45) is 0 Å². The third-order valence-corrected chi connectivity index (χ3v) is 4.14. The summed E-state index contributed by atoms with van der Waals surface area (Å²) in [5.74, 6) is -1.48. The van der Waals surface area contributed by atoms with Gasteiger partial charge in [-0.15, -0.1) is 0 Å². The van der Waals surface area contributed by atoms with E-state index >= 15 is 0 Å². The minimum Gasteiger partial charge on any atom is -0.289 e. The lowest BCUT2D eigenvalue weighted by Crippen LogP contribution is -2.22. The van der Waals surface area contributed by atoms with Gasteiger partial charge in [0.15, 0.2) is 11.6 Å². The van der Waals surface area contributed by atoms with E-state index in [2.05, 4.69) is 0 Å². The molecule has 0 aliphatic heterocycles. The molecule has 0 spiro atoms. The Morgan fingerprint density at radius 1 is 0.870 bits per heavy atom. The highest BCUT2D eigenvalue weighted by molar-refractivity contribution is 6.26. The minimum absolute atomic E-state index is 0.103. The van der Waals surface area contributed by atoms with Gasteiger partial charge in [0.05, 0.1) is 0 Å². The molecule has 0 amide bonds. The van der Waals surface area contributed by atoms with E-state index < -0.39 is 5.82 Å². The van der Waals surface area contributed by atoms with Gasteiger partial charge in [-0.1, -0.05) is 12.1 Å². The highest BCUT2D eigenvalue weighted by Crippen LogP contribution is 2.29. The van der Waals surface area contributed by atoms with Crippen LogP contribution in [-0.4, -0.2) is 11.6 Å². The van der Waals surface area contributed by atoms with Crippen LogP contribution >= 0.6 is 0 Å². The molecule has 23 heavy (non-hydrogen) atoms. The third-order valence-electron chi connectivity index (χ3n) is 4.14. The molecular weight excluding hydrogens is 298 g/mol. The van der Waals surface area contributed by atoms with Crippen LogP contribution in [0.5, 0.6) is 0 Å². The molecule has 3 rings (SSSR count). The molecule has 0 saturated heterocycles. The van der Waals surface area contributed by atoms with E-state index in [0.717, 1.165) is 11.6 Å². The Labute approximate surface area is 132 Å². The quantitative estimate of drug-likeness (QED) is 0.832. The average Bonchev–Trinajstić information content (AvgIpc) is 2.52. The summed E-state index contributed by atoms with van der Waals surface area (Å²) >= 11 is 0. The summed E-state index contributed by atoms with van der Waals surface area (Å²) in [7, 11) is 0. The molecule has 0 aromatic heterocycles. The summed E-state index contributed by atoms with van der Waals surface area (Å²) in [5.41, 5.74) is 2.25. The number of aryl methyl sites for hydroxylation is 1.